The Morgan fingerprint density at radius 2 is 1.67 bits per heavy atom. The van der Waals surface area contributed by atoms with Crippen LogP contribution >= 0.6 is 0 Å². The van der Waals surface area contributed by atoms with Crippen LogP contribution in [0.15, 0.2) is 0 Å². The maximum Gasteiger partial charge on any atom is 0.226 e. The van der Waals surface area contributed by atoms with Crippen LogP contribution < -0.4 is 11.1 Å². The lowest BCUT2D eigenvalue weighted by atomic mass is 9.78. The van der Waals surface area contributed by atoms with Gasteiger partial charge in [-0.1, -0.05) is 25.7 Å². The number of hydrogen-bond acceptors (Lipinski definition) is 3. The molecule has 1 saturated heterocycles. The lowest BCUT2D eigenvalue weighted by Gasteiger charge is -2.48. The monoisotopic (exact) mass is 295 g/mol. The summed E-state index contributed by atoms with van der Waals surface area (Å²) < 4.78 is 0. The van der Waals surface area contributed by atoms with Gasteiger partial charge in [-0.15, -0.1) is 0 Å². The van der Waals surface area contributed by atoms with Gasteiger partial charge in [0.1, 0.15) is 0 Å². The summed E-state index contributed by atoms with van der Waals surface area (Å²) in [5.74, 6) is 0.104. The highest BCUT2D eigenvalue weighted by atomic mass is 16.2. The van der Waals surface area contributed by atoms with E-state index in [1.165, 1.54) is 64.5 Å². The van der Waals surface area contributed by atoms with Gasteiger partial charge in [0.15, 0.2) is 0 Å². The van der Waals surface area contributed by atoms with E-state index in [-0.39, 0.29) is 11.4 Å². The second-order valence-corrected chi connectivity index (χ2v) is 7.60. The van der Waals surface area contributed by atoms with E-state index in [4.69, 9.17) is 5.73 Å². The van der Waals surface area contributed by atoms with E-state index in [9.17, 15) is 4.79 Å². The van der Waals surface area contributed by atoms with Crippen LogP contribution in [-0.4, -0.2) is 42.5 Å². The molecule has 0 aromatic heterocycles. The van der Waals surface area contributed by atoms with Crippen LogP contribution in [0.4, 0.5) is 0 Å². The summed E-state index contributed by atoms with van der Waals surface area (Å²) >= 11 is 0. The predicted octanol–water partition coefficient (Wildman–Crippen LogP) is 2.28. The number of likely N-dealkylation sites (tertiary alicyclic amines) is 1. The SMILES string of the molecule is CC(C)(CN)C(=O)NCC1(N2CCCCC2)CCCCC1. The highest BCUT2D eigenvalue weighted by molar-refractivity contribution is 5.82. The van der Waals surface area contributed by atoms with Crippen LogP contribution in [0.2, 0.25) is 0 Å². The molecule has 2 rings (SSSR count). The highest BCUT2D eigenvalue weighted by Crippen LogP contribution is 2.35. The van der Waals surface area contributed by atoms with Crippen LogP contribution in [0.1, 0.15) is 65.2 Å². The molecule has 4 nitrogen and oxygen atoms in total. The lowest BCUT2D eigenvalue weighted by Crippen LogP contribution is -2.59. The first-order chi connectivity index (χ1) is 10.0. The smallest absolute Gasteiger partial charge is 0.226 e. The molecule has 0 spiro atoms. The van der Waals surface area contributed by atoms with Crippen LogP contribution in [0.5, 0.6) is 0 Å². The zero-order valence-corrected chi connectivity index (χ0v) is 13.9. The second kappa shape index (κ2) is 7.10. The summed E-state index contributed by atoms with van der Waals surface area (Å²) in [4.78, 5) is 15.0. The average molecular weight is 295 g/mol. The summed E-state index contributed by atoms with van der Waals surface area (Å²) in [7, 11) is 0. The summed E-state index contributed by atoms with van der Waals surface area (Å²) in [6.07, 6.45) is 10.4. The zero-order valence-electron chi connectivity index (χ0n) is 13.9. The number of piperidine rings is 1. The molecule has 1 aliphatic heterocycles. The lowest BCUT2D eigenvalue weighted by molar-refractivity contribution is -0.129. The third-order valence-corrected chi connectivity index (χ3v) is 5.51. The van der Waals surface area contributed by atoms with Crippen LogP contribution in [0, 0.1) is 5.41 Å². The molecule has 4 heteroatoms. The number of hydrogen-bond donors (Lipinski definition) is 2. The van der Waals surface area contributed by atoms with Gasteiger partial charge in [0.05, 0.1) is 5.41 Å². The van der Waals surface area contributed by atoms with Gasteiger partial charge in [-0.2, -0.15) is 0 Å². The second-order valence-electron chi connectivity index (χ2n) is 7.60. The first-order valence-corrected chi connectivity index (χ1v) is 8.74. The van der Waals surface area contributed by atoms with Gasteiger partial charge in [-0.3, -0.25) is 9.69 Å². The maximum absolute atomic E-state index is 12.4. The Labute approximate surface area is 129 Å². The van der Waals surface area contributed by atoms with Crippen molar-refractivity contribution in [3.63, 3.8) is 0 Å². The van der Waals surface area contributed by atoms with E-state index in [2.05, 4.69) is 10.2 Å². The van der Waals surface area contributed by atoms with E-state index in [1.54, 1.807) is 0 Å². The first-order valence-electron chi connectivity index (χ1n) is 8.74. The molecule has 1 aliphatic carbocycles. The van der Waals surface area contributed by atoms with Gasteiger partial charge >= 0.3 is 0 Å². The largest absolute Gasteiger partial charge is 0.354 e. The molecule has 0 bridgehead atoms. The molecule has 21 heavy (non-hydrogen) atoms. The van der Waals surface area contributed by atoms with Crippen molar-refractivity contribution in [2.45, 2.75) is 70.8 Å². The number of nitrogens with one attached hydrogen (secondary N) is 1. The maximum atomic E-state index is 12.4. The number of amides is 1. The summed E-state index contributed by atoms with van der Waals surface area (Å²) in [5, 5.41) is 3.22. The van der Waals surface area contributed by atoms with Gasteiger partial charge in [-0.05, 0) is 52.6 Å². The molecular weight excluding hydrogens is 262 g/mol. The van der Waals surface area contributed by atoms with Gasteiger partial charge in [0.25, 0.3) is 0 Å². The van der Waals surface area contributed by atoms with Crippen molar-refractivity contribution in [3.05, 3.63) is 0 Å². The molecule has 2 fully saturated rings. The van der Waals surface area contributed by atoms with Crippen LogP contribution in [0.3, 0.4) is 0 Å². The van der Waals surface area contributed by atoms with Crippen LogP contribution in [-0.2, 0) is 4.79 Å². The Morgan fingerprint density at radius 3 is 2.24 bits per heavy atom. The van der Waals surface area contributed by atoms with E-state index >= 15 is 0 Å². The number of nitrogens with zero attached hydrogens (tertiary/aromatic N) is 1. The van der Waals surface area contributed by atoms with Crippen molar-refractivity contribution in [1.29, 1.82) is 0 Å². The fourth-order valence-corrected chi connectivity index (χ4v) is 3.76. The van der Waals surface area contributed by atoms with Crippen molar-refractivity contribution < 1.29 is 4.79 Å². The highest BCUT2D eigenvalue weighted by Gasteiger charge is 2.39. The third-order valence-electron chi connectivity index (χ3n) is 5.51. The zero-order chi connectivity index (χ0) is 15.3. The molecule has 3 N–H and O–H groups in total. The Morgan fingerprint density at radius 1 is 1.10 bits per heavy atom. The molecular formula is C17H33N3O. The molecule has 0 aromatic carbocycles. The van der Waals surface area contributed by atoms with Gasteiger partial charge < -0.3 is 11.1 Å². The quantitative estimate of drug-likeness (QED) is 0.818. The number of carbonyl (C=O) groups is 1. The molecule has 0 unspecified atom stereocenters. The normalized spacial score (nSPS) is 23.8. The number of rotatable bonds is 5. The van der Waals surface area contributed by atoms with E-state index in [1.807, 2.05) is 13.8 Å². The van der Waals surface area contributed by atoms with E-state index in [0.29, 0.717) is 6.54 Å². The fraction of sp³-hybridized carbons (Fsp3) is 0.941. The minimum atomic E-state index is -0.461. The van der Waals surface area contributed by atoms with E-state index in [0.717, 1.165) is 6.54 Å². The van der Waals surface area contributed by atoms with Crippen molar-refractivity contribution in [1.82, 2.24) is 10.2 Å². The Kier molecular flexibility index (Phi) is 5.67. The molecule has 0 atom stereocenters. The fourth-order valence-electron chi connectivity index (χ4n) is 3.76. The Hall–Kier alpha value is -0.610. The van der Waals surface area contributed by atoms with Gasteiger partial charge in [-0.25, -0.2) is 0 Å². The minimum Gasteiger partial charge on any atom is -0.354 e. The average Bonchev–Trinajstić information content (AvgIpc) is 2.54. The van der Waals surface area contributed by atoms with Crippen molar-refractivity contribution in [2.24, 2.45) is 11.1 Å². The number of carbonyl (C=O) groups excluding carboxylic acids is 1. The molecule has 1 heterocycles. The number of nitrogens with two attached hydrogens (primary N) is 1. The standard InChI is InChI=1S/C17H33N3O/c1-16(2,13-18)15(21)19-14-17(9-5-3-6-10-17)20-11-7-4-8-12-20/h3-14,18H2,1-2H3,(H,19,21). The summed E-state index contributed by atoms with van der Waals surface area (Å²) in [6, 6.07) is 0. The Bertz CT molecular complexity index is 342. The summed E-state index contributed by atoms with van der Waals surface area (Å²) in [5.41, 5.74) is 5.47. The van der Waals surface area contributed by atoms with Gasteiger partial charge in [0, 0.05) is 18.6 Å². The van der Waals surface area contributed by atoms with Crippen molar-refractivity contribution in [2.75, 3.05) is 26.2 Å². The summed E-state index contributed by atoms with van der Waals surface area (Å²) in [6.45, 7) is 7.46. The molecule has 1 saturated carbocycles. The molecule has 122 valence electrons. The topological polar surface area (TPSA) is 58.4 Å². The molecule has 2 aliphatic rings. The van der Waals surface area contributed by atoms with Crippen LogP contribution in [0.25, 0.3) is 0 Å². The van der Waals surface area contributed by atoms with Crippen molar-refractivity contribution >= 4 is 5.91 Å². The van der Waals surface area contributed by atoms with Crippen molar-refractivity contribution in [3.8, 4) is 0 Å². The van der Waals surface area contributed by atoms with E-state index < -0.39 is 5.41 Å². The third kappa shape index (κ3) is 3.98. The minimum absolute atomic E-state index is 0.104. The predicted molar refractivity (Wildman–Crippen MR) is 87.1 cm³/mol. The molecule has 1 amide bonds. The van der Waals surface area contributed by atoms with Gasteiger partial charge in [0.2, 0.25) is 5.91 Å². The first kappa shape index (κ1) is 16.8. The molecule has 0 aromatic rings. The molecule has 0 radical (unpaired) electrons. The Balaban J connectivity index is 2.01.